The minimum absolute atomic E-state index is 0.106. The molecular formula is C14H27N3O. The number of rotatable bonds is 3. The van der Waals surface area contributed by atoms with Gasteiger partial charge in [0, 0.05) is 44.7 Å². The Kier molecular flexibility index (Phi) is 4.62. The molecule has 2 unspecified atom stereocenters. The largest absolute Gasteiger partial charge is 0.352 e. The summed E-state index contributed by atoms with van der Waals surface area (Å²) >= 11 is 0. The molecule has 0 aromatic heterocycles. The van der Waals surface area contributed by atoms with E-state index in [1.807, 2.05) is 0 Å². The van der Waals surface area contributed by atoms with Gasteiger partial charge < -0.3 is 5.32 Å². The van der Waals surface area contributed by atoms with Crippen LogP contribution in [0, 0.1) is 0 Å². The number of piperidine rings is 1. The smallest absolute Gasteiger partial charge is 0.217 e. The molecule has 104 valence electrons. The topological polar surface area (TPSA) is 35.6 Å². The average molecular weight is 253 g/mol. The molecule has 0 radical (unpaired) electrons. The molecule has 0 aliphatic carbocycles. The van der Waals surface area contributed by atoms with Gasteiger partial charge >= 0.3 is 0 Å². The summed E-state index contributed by atoms with van der Waals surface area (Å²) in [6.45, 7) is 10.8. The van der Waals surface area contributed by atoms with Gasteiger partial charge in [-0.25, -0.2) is 0 Å². The van der Waals surface area contributed by atoms with Gasteiger partial charge in [0.25, 0.3) is 0 Å². The third kappa shape index (κ3) is 3.45. The van der Waals surface area contributed by atoms with Crippen LogP contribution in [-0.4, -0.2) is 60.0 Å². The maximum absolute atomic E-state index is 11.1. The van der Waals surface area contributed by atoms with E-state index in [1.165, 1.54) is 25.9 Å². The molecule has 1 N–H and O–H groups in total. The van der Waals surface area contributed by atoms with Crippen molar-refractivity contribution in [3.05, 3.63) is 0 Å². The molecule has 0 aromatic carbocycles. The van der Waals surface area contributed by atoms with E-state index in [-0.39, 0.29) is 5.91 Å². The second-order valence-corrected chi connectivity index (χ2v) is 6.07. The highest BCUT2D eigenvalue weighted by atomic mass is 16.1. The maximum atomic E-state index is 11.1. The van der Waals surface area contributed by atoms with E-state index in [0.717, 1.165) is 19.5 Å². The van der Waals surface area contributed by atoms with Crippen LogP contribution in [0.3, 0.4) is 0 Å². The summed E-state index contributed by atoms with van der Waals surface area (Å²) in [5.74, 6) is 0.106. The molecule has 4 nitrogen and oxygen atoms in total. The van der Waals surface area contributed by atoms with Crippen LogP contribution >= 0.6 is 0 Å². The lowest BCUT2D eigenvalue weighted by atomic mass is 10.0. The highest BCUT2D eigenvalue weighted by molar-refractivity contribution is 5.73. The van der Waals surface area contributed by atoms with E-state index in [1.54, 1.807) is 6.92 Å². The molecule has 4 heteroatoms. The van der Waals surface area contributed by atoms with Crippen LogP contribution in [0.25, 0.3) is 0 Å². The molecule has 0 bridgehead atoms. The number of nitrogens with one attached hydrogen (secondary N) is 1. The molecule has 2 rings (SSSR count). The average Bonchev–Trinajstić information content (AvgIpc) is 2.77. The van der Waals surface area contributed by atoms with Gasteiger partial charge in [-0.2, -0.15) is 0 Å². The first kappa shape index (κ1) is 13.8. The van der Waals surface area contributed by atoms with Gasteiger partial charge in [0.1, 0.15) is 0 Å². The predicted octanol–water partition coefficient (Wildman–Crippen LogP) is 1.07. The number of likely N-dealkylation sites (tertiary alicyclic amines) is 2. The summed E-state index contributed by atoms with van der Waals surface area (Å²) in [4.78, 5) is 16.2. The fourth-order valence-electron chi connectivity index (χ4n) is 3.27. The molecule has 2 heterocycles. The zero-order valence-corrected chi connectivity index (χ0v) is 12.0. The standard InChI is InChI=1S/C14H27N3O/c1-11(2)16-7-4-5-14(10-16)17-8-6-13(9-17)15-12(3)18/h11,13-14H,4-10H2,1-3H3,(H,15,18). The van der Waals surface area contributed by atoms with Gasteiger partial charge in [-0.3, -0.25) is 14.6 Å². The lowest BCUT2D eigenvalue weighted by molar-refractivity contribution is -0.119. The minimum atomic E-state index is 0.106. The molecule has 0 spiro atoms. The van der Waals surface area contributed by atoms with Crippen LogP contribution in [-0.2, 0) is 4.79 Å². The van der Waals surface area contributed by atoms with Crippen LogP contribution in [0.5, 0.6) is 0 Å². The fraction of sp³-hybridized carbons (Fsp3) is 0.929. The van der Waals surface area contributed by atoms with E-state index in [4.69, 9.17) is 0 Å². The third-order valence-corrected chi connectivity index (χ3v) is 4.30. The van der Waals surface area contributed by atoms with E-state index >= 15 is 0 Å². The second kappa shape index (κ2) is 6.02. The molecule has 0 saturated carbocycles. The number of carbonyl (C=O) groups is 1. The van der Waals surface area contributed by atoms with Crippen molar-refractivity contribution < 1.29 is 4.79 Å². The maximum Gasteiger partial charge on any atom is 0.217 e. The van der Waals surface area contributed by atoms with Gasteiger partial charge in [-0.05, 0) is 39.7 Å². The Balaban J connectivity index is 1.83. The molecule has 1 amide bonds. The van der Waals surface area contributed by atoms with Crippen LogP contribution in [0.15, 0.2) is 0 Å². The predicted molar refractivity (Wildman–Crippen MR) is 73.5 cm³/mol. The Morgan fingerprint density at radius 3 is 2.67 bits per heavy atom. The highest BCUT2D eigenvalue weighted by Crippen LogP contribution is 2.21. The second-order valence-electron chi connectivity index (χ2n) is 6.07. The molecular weight excluding hydrogens is 226 g/mol. The number of hydrogen-bond acceptors (Lipinski definition) is 3. The SMILES string of the molecule is CC(=O)NC1CCN(C2CCCN(C(C)C)C2)C1. The van der Waals surface area contributed by atoms with Gasteiger partial charge in [0.15, 0.2) is 0 Å². The number of nitrogens with zero attached hydrogens (tertiary/aromatic N) is 2. The Morgan fingerprint density at radius 1 is 1.22 bits per heavy atom. The lowest BCUT2D eigenvalue weighted by Gasteiger charge is -2.39. The molecule has 2 saturated heterocycles. The van der Waals surface area contributed by atoms with Crippen LogP contribution in [0.4, 0.5) is 0 Å². The summed E-state index contributed by atoms with van der Waals surface area (Å²) in [5, 5.41) is 3.05. The first-order valence-electron chi connectivity index (χ1n) is 7.31. The Bertz CT molecular complexity index is 293. The van der Waals surface area contributed by atoms with E-state index in [9.17, 15) is 4.79 Å². The van der Waals surface area contributed by atoms with Crippen molar-refractivity contribution in [1.82, 2.24) is 15.1 Å². The van der Waals surface area contributed by atoms with E-state index < -0.39 is 0 Å². The number of hydrogen-bond donors (Lipinski definition) is 1. The van der Waals surface area contributed by atoms with E-state index in [2.05, 4.69) is 29.0 Å². The molecule has 2 fully saturated rings. The molecule has 0 aromatic rings. The van der Waals surface area contributed by atoms with Crippen molar-refractivity contribution in [1.29, 1.82) is 0 Å². The summed E-state index contributed by atoms with van der Waals surface area (Å²) < 4.78 is 0. The molecule has 18 heavy (non-hydrogen) atoms. The monoisotopic (exact) mass is 253 g/mol. The minimum Gasteiger partial charge on any atom is -0.352 e. The summed E-state index contributed by atoms with van der Waals surface area (Å²) in [6, 6.07) is 1.72. The summed E-state index contributed by atoms with van der Waals surface area (Å²) in [7, 11) is 0. The number of carbonyl (C=O) groups excluding carboxylic acids is 1. The zero-order valence-electron chi connectivity index (χ0n) is 12.0. The third-order valence-electron chi connectivity index (χ3n) is 4.30. The molecule has 2 aliphatic rings. The van der Waals surface area contributed by atoms with Crippen molar-refractivity contribution in [3.63, 3.8) is 0 Å². The highest BCUT2D eigenvalue weighted by Gasteiger charge is 2.31. The van der Waals surface area contributed by atoms with Gasteiger partial charge in [0.2, 0.25) is 5.91 Å². The normalized spacial score (nSPS) is 30.9. The number of amides is 1. The Labute approximate surface area is 111 Å². The van der Waals surface area contributed by atoms with Crippen molar-refractivity contribution in [2.75, 3.05) is 26.2 Å². The van der Waals surface area contributed by atoms with Crippen molar-refractivity contribution in [2.24, 2.45) is 0 Å². The van der Waals surface area contributed by atoms with Gasteiger partial charge in [0.05, 0.1) is 0 Å². The van der Waals surface area contributed by atoms with Crippen LogP contribution < -0.4 is 5.32 Å². The van der Waals surface area contributed by atoms with Gasteiger partial charge in [-0.1, -0.05) is 0 Å². The Hall–Kier alpha value is -0.610. The van der Waals surface area contributed by atoms with Crippen LogP contribution in [0.2, 0.25) is 0 Å². The summed E-state index contributed by atoms with van der Waals surface area (Å²) in [5.41, 5.74) is 0. The molecule has 2 aliphatic heterocycles. The van der Waals surface area contributed by atoms with Crippen LogP contribution in [0.1, 0.15) is 40.0 Å². The van der Waals surface area contributed by atoms with Gasteiger partial charge in [-0.15, -0.1) is 0 Å². The first-order valence-corrected chi connectivity index (χ1v) is 7.31. The lowest BCUT2D eigenvalue weighted by Crippen LogP contribution is -2.50. The Morgan fingerprint density at radius 2 is 2.00 bits per heavy atom. The fourth-order valence-corrected chi connectivity index (χ4v) is 3.27. The van der Waals surface area contributed by atoms with Crippen molar-refractivity contribution in [3.8, 4) is 0 Å². The van der Waals surface area contributed by atoms with Crippen molar-refractivity contribution in [2.45, 2.75) is 58.2 Å². The summed E-state index contributed by atoms with van der Waals surface area (Å²) in [6.07, 6.45) is 3.73. The van der Waals surface area contributed by atoms with E-state index in [0.29, 0.717) is 18.1 Å². The quantitative estimate of drug-likeness (QED) is 0.817. The first-order chi connectivity index (χ1) is 8.56. The van der Waals surface area contributed by atoms with Crippen molar-refractivity contribution >= 4 is 5.91 Å². The molecule has 2 atom stereocenters. The zero-order chi connectivity index (χ0) is 13.1.